The van der Waals surface area contributed by atoms with Gasteiger partial charge in [-0.05, 0) is 40.5 Å². The van der Waals surface area contributed by atoms with E-state index < -0.39 is 17.8 Å². The summed E-state index contributed by atoms with van der Waals surface area (Å²) in [6.45, 7) is 0.0161. The van der Waals surface area contributed by atoms with E-state index in [1.807, 2.05) is 48.5 Å². The fourth-order valence-corrected chi connectivity index (χ4v) is 4.13. The Labute approximate surface area is 191 Å². The average molecular weight is 500 g/mol. The van der Waals surface area contributed by atoms with E-state index >= 15 is 0 Å². The lowest BCUT2D eigenvalue weighted by Crippen LogP contribution is -2.26. The van der Waals surface area contributed by atoms with Gasteiger partial charge in [0.1, 0.15) is 6.61 Å². The highest BCUT2D eigenvalue weighted by molar-refractivity contribution is 9.10. The van der Waals surface area contributed by atoms with Crippen LogP contribution in [-0.2, 0) is 10.9 Å². The minimum atomic E-state index is -4.52. The highest BCUT2D eigenvalue weighted by atomic mass is 79.9. The molecule has 0 heterocycles. The topological polar surface area (TPSA) is 38.3 Å². The predicted molar refractivity (Wildman–Crippen MR) is 119 cm³/mol. The molecule has 1 aliphatic rings. The van der Waals surface area contributed by atoms with Crippen molar-refractivity contribution in [3.8, 4) is 23.0 Å². The molecule has 0 bridgehead atoms. The third-order valence-corrected chi connectivity index (χ3v) is 5.67. The molecule has 0 saturated carbocycles. The Morgan fingerprint density at radius 1 is 1.00 bits per heavy atom. The van der Waals surface area contributed by atoms with E-state index in [9.17, 15) is 18.0 Å². The molecule has 0 aliphatic heterocycles. The zero-order chi connectivity index (χ0) is 22.7. The minimum absolute atomic E-state index is 0.0728. The monoisotopic (exact) mass is 499 g/mol. The van der Waals surface area contributed by atoms with Crippen molar-refractivity contribution >= 4 is 22.0 Å². The molecule has 4 rings (SSSR count). The molecule has 0 unspecified atom stereocenters. The summed E-state index contributed by atoms with van der Waals surface area (Å²) >= 11 is 3.03. The summed E-state index contributed by atoms with van der Waals surface area (Å²) in [5, 5.41) is 2.47. The molecule has 1 aliphatic carbocycles. The minimum Gasteiger partial charge on any atom is -0.449 e. The van der Waals surface area contributed by atoms with Crippen molar-refractivity contribution in [3.63, 3.8) is 0 Å². The van der Waals surface area contributed by atoms with Crippen molar-refractivity contribution in [2.24, 2.45) is 0 Å². The lowest BCUT2D eigenvalue weighted by Gasteiger charge is -2.14. The molecular formula is C25H17BrF3NO2. The molecule has 32 heavy (non-hydrogen) atoms. The van der Waals surface area contributed by atoms with Crippen molar-refractivity contribution in [1.29, 1.82) is 0 Å². The highest BCUT2D eigenvalue weighted by Crippen LogP contribution is 2.44. The van der Waals surface area contributed by atoms with Crippen LogP contribution in [0.25, 0.3) is 11.1 Å². The number of amides is 1. The fourth-order valence-electron chi connectivity index (χ4n) is 3.77. The Hall–Kier alpha value is -3.24. The summed E-state index contributed by atoms with van der Waals surface area (Å²) in [6, 6.07) is 19.7. The Morgan fingerprint density at radius 3 is 2.25 bits per heavy atom. The number of carbonyl (C=O) groups excluding carboxylic acids is 1. The summed E-state index contributed by atoms with van der Waals surface area (Å²) in [5.74, 6) is 4.94. The number of carbonyl (C=O) groups is 1. The predicted octanol–water partition coefficient (Wildman–Crippen LogP) is 6.36. The molecular weight excluding hydrogens is 483 g/mol. The second-order valence-corrected chi connectivity index (χ2v) is 8.08. The molecule has 3 aromatic carbocycles. The first-order chi connectivity index (χ1) is 15.3. The molecule has 0 radical (unpaired) electrons. The van der Waals surface area contributed by atoms with Crippen LogP contribution in [-0.4, -0.2) is 19.2 Å². The fraction of sp³-hybridized carbons (Fsp3) is 0.160. The van der Waals surface area contributed by atoms with Gasteiger partial charge in [-0.15, -0.1) is 0 Å². The molecule has 3 nitrogen and oxygen atoms in total. The number of halogens is 4. The van der Waals surface area contributed by atoms with Crippen molar-refractivity contribution in [3.05, 3.63) is 93.5 Å². The van der Waals surface area contributed by atoms with E-state index in [2.05, 4.69) is 33.1 Å². The standard InChI is InChI=1S/C25H17BrF3NO2/c26-17-12-11-16(23(14-17)25(27,28)29)6-5-13-30-24(31)32-15-22-20-9-3-1-7-18(20)19-8-2-4-10-21(19)22/h1-4,7-12,14,22H,13,15H2,(H,30,31). The van der Waals surface area contributed by atoms with E-state index in [0.29, 0.717) is 4.47 Å². The van der Waals surface area contributed by atoms with Crippen molar-refractivity contribution in [2.75, 3.05) is 13.2 Å². The van der Waals surface area contributed by atoms with Gasteiger partial charge in [-0.1, -0.05) is 76.3 Å². The maximum atomic E-state index is 13.1. The largest absolute Gasteiger partial charge is 0.449 e. The molecule has 0 saturated heterocycles. The quantitative estimate of drug-likeness (QED) is 0.426. The third-order valence-electron chi connectivity index (χ3n) is 5.17. The summed E-state index contributed by atoms with van der Waals surface area (Å²) in [7, 11) is 0. The SMILES string of the molecule is O=C(NCC#Cc1ccc(Br)cc1C(F)(F)F)OCC1c2ccccc2-c2ccccc21. The van der Waals surface area contributed by atoms with Crippen LogP contribution in [0.3, 0.4) is 0 Å². The van der Waals surface area contributed by atoms with Crippen molar-refractivity contribution in [1.82, 2.24) is 5.32 Å². The van der Waals surface area contributed by atoms with Gasteiger partial charge in [0, 0.05) is 16.0 Å². The molecule has 0 fully saturated rings. The number of alkyl halides is 3. The zero-order valence-electron chi connectivity index (χ0n) is 16.7. The van der Waals surface area contributed by atoms with E-state index in [-0.39, 0.29) is 24.6 Å². The Morgan fingerprint density at radius 2 is 1.62 bits per heavy atom. The molecule has 3 aromatic rings. The van der Waals surface area contributed by atoms with E-state index in [1.54, 1.807) is 0 Å². The summed E-state index contributed by atoms with van der Waals surface area (Å²) in [5.41, 5.74) is 3.44. The Bertz CT molecular complexity index is 1180. The van der Waals surface area contributed by atoms with Crippen LogP contribution in [0.4, 0.5) is 18.0 Å². The number of ether oxygens (including phenoxy) is 1. The van der Waals surface area contributed by atoms with Crippen LogP contribution >= 0.6 is 15.9 Å². The van der Waals surface area contributed by atoms with Gasteiger partial charge in [-0.2, -0.15) is 13.2 Å². The average Bonchev–Trinajstić information content (AvgIpc) is 3.09. The molecule has 1 amide bonds. The summed E-state index contributed by atoms with van der Waals surface area (Å²) in [4.78, 5) is 12.1. The lowest BCUT2D eigenvalue weighted by atomic mass is 9.98. The van der Waals surface area contributed by atoms with Crippen LogP contribution in [0.15, 0.2) is 71.2 Å². The molecule has 0 atom stereocenters. The van der Waals surface area contributed by atoms with Crippen LogP contribution < -0.4 is 5.32 Å². The second-order valence-electron chi connectivity index (χ2n) is 7.17. The van der Waals surface area contributed by atoms with Gasteiger partial charge in [0.05, 0.1) is 12.1 Å². The van der Waals surface area contributed by atoms with Gasteiger partial charge in [0.2, 0.25) is 0 Å². The molecule has 1 N–H and O–H groups in total. The maximum absolute atomic E-state index is 13.1. The number of benzene rings is 3. The van der Waals surface area contributed by atoms with E-state index in [1.165, 1.54) is 12.1 Å². The van der Waals surface area contributed by atoms with Crippen LogP contribution in [0.5, 0.6) is 0 Å². The number of hydrogen-bond donors (Lipinski definition) is 1. The van der Waals surface area contributed by atoms with Gasteiger partial charge in [0.15, 0.2) is 0 Å². The first-order valence-electron chi connectivity index (χ1n) is 9.79. The first kappa shape index (κ1) is 22.0. The van der Waals surface area contributed by atoms with Gasteiger partial charge < -0.3 is 10.1 Å². The Kier molecular flexibility index (Phi) is 6.24. The third kappa shape index (κ3) is 4.66. The lowest BCUT2D eigenvalue weighted by molar-refractivity contribution is -0.137. The smallest absolute Gasteiger partial charge is 0.417 e. The van der Waals surface area contributed by atoms with E-state index in [4.69, 9.17) is 4.74 Å². The number of rotatable bonds is 3. The summed E-state index contributed by atoms with van der Waals surface area (Å²) in [6.07, 6.45) is -5.19. The zero-order valence-corrected chi connectivity index (χ0v) is 18.3. The van der Waals surface area contributed by atoms with Gasteiger partial charge in [0.25, 0.3) is 0 Å². The van der Waals surface area contributed by atoms with Gasteiger partial charge in [-0.25, -0.2) is 4.79 Å². The van der Waals surface area contributed by atoms with Crippen molar-refractivity contribution in [2.45, 2.75) is 12.1 Å². The highest BCUT2D eigenvalue weighted by Gasteiger charge is 2.33. The van der Waals surface area contributed by atoms with Crippen LogP contribution in [0, 0.1) is 11.8 Å². The molecule has 162 valence electrons. The van der Waals surface area contributed by atoms with Gasteiger partial charge in [-0.3, -0.25) is 0 Å². The molecule has 0 spiro atoms. The number of hydrogen-bond acceptors (Lipinski definition) is 2. The first-order valence-corrected chi connectivity index (χ1v) is 10.6. The normalized spacial score (nSPS) is 12.4. The van der Waals surface area contributed by atoms with Crippen LogP contribution in [0.1, 0.15) is 28.2 Å². The van der Waals surface area contributed by atoms with Crippen molar-refractivity contribution < 1.29 is 22.7 Å². The number of fused-ring (bicyclic) bond motifs is 3. The molecule has 0 aromatic heterocycles. The van der Waals surface area contributed by atoms with Gasteiger partial charge >= 0.3 is 12.3 Å². The van der Waals surface area contributed by atoms with Crippen LogP contribution in [0.2, 0.25) is 0 Å². The second kappa shape index (κ2) is 9.09. The number of alkyl carbamates (subject to hydrolysis) is 1. The Balaban J connectivity index is 1.37. The molecule has 7 heteroatoms. The number of nitrogens with one attached hydrogen (secondary N) is 1. The maximum Gasteiger partial charge on any atom is 0.417 e. The van der Waals surface area contributed by atoms with E-state index in [0.717, 1.165) is 28.3 Å². The summed E-state index contributed by atoms with van der Waals surface area (Å²) < 4.78 is 45.1.